The van der Waals surface area contributed by atoms with Crippen LogP contribution in [0.2, 0.25) is 0 Å². The van der Waals surface area contributed by atoms with Crippen LogP contribution in [-0.2, 0) is 4.79 Å². The maximum absolute atomic E-state index is 13.9. The number of amides is 2. The maximum atomic E-state index is 13.9. The summed E-state index contributed by atoms with van der Waals surface area (Å²) in [6, 6.07) is 12.0. The van der Waals surface area contributed by atoms with Crippen molar-refractivity contribution < 1.29 is 23.8 Å². The third-order valence-electron chi connectivity index (χ3n) is 6.10. The molecule has 0 saturated carbocycles. The Hall–Kier alpha value is -4.07. The monoisotopic (exact) mass is 461 g/mol. The zero-order valence-corrected chi connectivity index (χ0v) is 19.8. The van der Waals surface area contributed by atoms with Crippen molar-refractivity contribution in [2.24, 2.45) is 0 Å². The number of carbonyl (C=O) groups is 2. The first-order valence-corrected chi connectivity index (χ1v) is 10.8. The molecule has 1 aliphatic heterocycles. The molecule has 0 saturated heterocycles. The van der Waals surface area contributed by atoms with Crippen molar-refractivity contribution in [3.05, 3.63) is 77.1 Å². The lowest BCUT2D eigenvalue weighted by atomic mass is 9.79. The average molecular weight is 462 g/mol. The molecule has 2 aromatic carbocycles. The van der Waals surface area contributed by atoms with Gasteiger partial charge in [0, 0.05) is 25.0 Å². The first kappa shape index (κ1) is 23.1. The normalized spacial score (nSPS) is 17.1. The van der Waals surface area contributed by atoms with E-state index >= 15 is 0 Å². The standard InChI is InChI=1S/C26H27N3O5/c1-15-8-9-20(32-3)19(11-15)28-25(30)23-17-12-21(33-4)22(34-5)13-18(17)26(31)29(2)24(23)16-7-6-10-27-14-16/h6-14,23-24H,1-5H3,(H,28,30)/t23-,24+/m1/s1. The molecular formula is C26H27N3O5. The van der Waals surface area contributed by atoms with E-state index in [0.29, 0.717) is 34.1 Å². The number of hydrogen-bond acceptors (Lipinski definition) is 6. The van der Waals surface area contributed by atoms with E-state index in [2.05, 4.69) is 10.3 Å². The third-order valence-corrected chi connectivity index (χ3v) is 6.10. The molecule has 2 heterocycles. The Labute approximate surface area is 198 Å². The molecule has 2 amide bonds. The summed E-state index contributed by atoms with van der Waals surface area (Å²) >= 11 is 0. The van der Waals surface area contributed by atoms with Crippen LogP contribution in [0, 0.1) is 6.92 Å². The van der Waals surface area contributed by atoms with E-state index in [1.54, 1.807) is 49.7 Å². The molecule has 0 radical (unpaired) electrons. The fourth-order valence-electron chi connectivity index (χ4n) is 4.43. The van der Waals surface area contributed by atoms with E-state index in [1.807, 2.05) is 31.2 Å². The molecule has 2 atom stereocenters. The van der Waals surface area contributed by atoms with Crippen molar-refractivity contribution in [3.63, 3.8) is 0 Å². The minimum absolute atomic E-state index is 0.220. The molecule has 1 N–H and O–H groups in total. The highest BCUT2D eigenvalue weighted by atomic mass is 16.5. The van der Waals surface area contributed by atoms with Crippen LogP contribution in [0.1, 0.15) is 39.0 Å². The molecule has 0 bridgehead atoms. The van der Waals surface area contributed by atoms with E-state index < -0.39 is 12.0 Å². The summed E-state index contributed by atoms with van der Waals surface area (Å²) in [7, 11) is 6.27. The van der Waals surface area contributed by atoms with Crippen LogP contribution >= 0.6 is 0 Å². The number of anilines is 1. The van der Waals surface area contributed by atoms with Gasteiger partial charge >= 0.3 is 0 Å². The number of ether oxygens (including phenoxy) is 3. The first-order chi connectivity index (χ1) is 16.4. The van der Waals surface area contributed by atoms with Crippen molar-refractivity contribution in [3.8, 4) is 17.2 Å². The van der Waals surface area contributed by atoms with Crippen molar-refractivity contribution >= 4 is 17.5 Å². The summed E-state index contributed by atoms with van der Waals surface area (Å²) in [5.74, 6) is 0.154. The number of aryl methyl sites for hydroxylation is 1. The summed E-state index contributed by atoms with van der Waals surface area (Å²) in [5.41, 5.74) is 3.21. The maximum Gasteiger partial charge on any atom is 0.254 e. The van der Waals surface area contributed by atoms with Crippen LogP contribution in [0.3, 0.4) is 0 Å². The molecular weight excluding hydrogens is 434 g/mol. The Bertz CT molecular complexity index is 1230. The number of carbonyl (C=O) groups excluding carboxylic acids is 2. The number of likely N-dealkylation sites (N-methyl/N-ethyl adjacent to an activating group) is 1. The van der Waals surface area contributed by atoms with Gasteiger partial charge in [0.2, 0.25) is 5.91 Å². The summed E-state index contributed by atoms with van der Waals surface area (Å²) in [4.78, 5) is 33.1. The van der Waals surface area contributed by atoms with E-state index in [4.69, 9.17) is 14.2 Å². The smallest absolute Gasteiger partial charge is 0.254 e. The Morgan fingerprint density at radius 2 is 1.71 bits per heavy atom. The molecule has 34 heavy (non-hydrogen) atoms. The largest absolute Gasteiger partial charge is 0.495 e. The number of nitrogens with zero attached hydrogens (tertiary/aromatic N) is 2. The molecule has 4 rings (SSSR count). The second kappa shape index (κ2) is 9.43. The van der Waals surface area contributed by atoms with Gasteiger partial charge in [-0.15, -0.1) is 0 Å². The topological polar surface area (TPSA) is 90.0 Å². The van der Waals surface area contributed by atoms with Gasteiger partial charge in [0.05, 0.1) is 39.0 Å². The first-order valence-electron chi connectivity index (χ1n) is 10.8. The van der Waals surface area contributed by atoms with Gasteiger partial charge in [-0.25, -0.2) is 0 Å². The van der Waals surface area contributed by atoms with Gasteiger partial charge in [0.1, 0.15) is 5.75 Å². The number of aromatic nitrogens is 1. The number of hydrogen-bond donors (Lipinski definition) is 1. The molecule has 176 valence electrons. The predicted molar refractivity (Wildman–Crippen MR) is 128 cm³/mol. The van der Waals surface area contributed by atoms with Crippen molar-refractivity contribution in [1.82, 2.24) is 9.88 Å². The fraction of sp³-hybridized carbons (Fsp3) is 0.269. The summed E-state index contributed by atoms with van der Waals surface area (Å²) in [6.07, 6.45) is 3.33. The molecule has 0 fully saturated rings. The predicted octanol–water partition coefficient (Wildman–Crippen LogP) is 3.97. The third kappa shape index (κ3) is 4.03. The zero-order valence-electron chi connectivity index (χ0n) is 19.8. The second-order valence-corrected chi connectivity index (χ2v) is 8.11. The van der Waals surface area contributed by atoms with Crippen LogP contribution in [0.5, 0.6) is 17.2 Å². The lowest BCUT2D eigenvalue weighted by Crippen LogP contribution is -2.44. The second-order valence-electron chi connectivity index (χ2n) is 8.11. The molecule has 8 nitrogen and oxygen atoms in total. The molecule has 3 aromatic rings. The highest BCUT2D eigenvalue weighted by Crippen LogP contribution is 2.46. The zero-order chi connectivity index (χ0) is 24.4. The van der Waals surface area contributed by atoms with Crippen molar-refractivity contribution in [1.29, 1.82) is 0 Å². The van der Waals surface area contributed by atoms with Crippen molar-refractivity contribution in [2.75, 3.05) is 33.7 Å². The Kier molecular flexibility index (Phi) is 6.40. The van der Waals surface area contributed by atoms with Gasteiger partial charge in [-0.3, -0.25) is 14.6 Å². The number of methoxy groups -OCH3 is 3. The van der Waals surface area contributed by atoms with Gasteiger partial charge in [0.15, 0.2) is 11.5 Å². The number of pyridine rings is 1. The summed E-state index contributed by atoms with van der Waals surface area (Å²) in [5, 5.41) is 3.02. The van der Waals surface area contributed by atoms with Crippen LogP contribution < -0.4 is 19.5 Å². The molecule has 1 aromatic heterocycles. The summed E-state index contributed by atoms with van der Waals surface area (Å²) < 4.78 is 16.3. The number of benzene rings is 2. The molecule has 1 aliphatic rings. The molecule has 0 aliphatic carbocycles. The highest BCUT2D eigenvalue weighted by Gasteiger charge is 2.44. The lowest BCUT2D eigenvalue weighted by Gasteiger charge is -2.40. The van der Waals surface area contributed by atoms with Gasteiger partial charge in [-0.2, -0.15) is 0 Å². The quantitative estimate of drug-likeness (QED) is 0.598. The van der Waals surface area contributed by atoms with E-state index in [9.17, 15) is 9.59 Å². The fourth-order valence-corrected chi connectivity index (χ4v) is 4.43. The number of nitrogens with one attached hydrogen (secondary N) is 1. The Morgan fingerprint density at radius 3 is 2.35 bits per heavy atom. The van der Waals surface area contributed by atoms with E-state index in [-0.39, 0.29) is 11.8 Å². The molecule has 0 spiro atoms. The van der Waals surface area contributed by atoms with Crippen LogP contribution in [0.25, 0.3) is 0 Å². The Balaban J connectivity index is 1.89. The van der Waals surface area contributed by atoms with Gasteiger partial charge in [-0.1, -0.05) is 12.1 Å². The van der Waals surface area contributed by atoms with Gasteiger partial charge < -0.3 is 24.4 Å². The number of rotatable bonds is 6. The molecule has 8 heteroatoms. The van der Waals surface area contributed by atoms with E-state index in [0.717, 1.165) is 11.1 Å². The van der Waals surface area contributed by atoms with Crippen molar-refractivity contribution in [2.45, 2.75) is 18.9 Å². The minimum atomic E-state index is -0.744. The van der Waals surface area contributed by atoms with Crippen LogP contribution in [0.15, 0.2) is 54.9 Å². The SMILES string of the molecule is COc1ccc(C)cc1NC(=O)[C@@H]1c2cc(OC)c(OC)cc2C(=O)N(C)[C@H]1c1cccnc1. The number of fused-ring (bicyclic) bond motifs is 1. The highest BCUT2D eigenvalue weighted by molar-refractivity contribution is 6.05. The van der Waals surface area contributed by atoms with Gasteiger partial charge in [-0.05, 0) is 53.9 Å². The summed E-state index contributed by atoms with van der Waals surface area (Å²) in [6.45, 7) is 1.94. The van der Waals surface area contributed by atoms with E-state index in [1.165, 1.54) is 14.2 Å². The van der Waals surface area contributed by atoms with Gasteiger partial charge in [0.25, 0.3) is 5.91 Å². The lowest BCUT2D eigenvalue weighted by molar-refractivity contribution is -0.119. The average Bonchev–Trinajstić information content (AvgIpc) is 2.85. The molecule has 0 unspecified atom stereocenters. The van der Waals surface area contributed by atoms with Crippen LogP contribution in [0.4, 0.5) is 5.69 Å². The minimum Gasteiger partial charge on any atom is -0.495 e. The van der Waals surface area contributed by atoms with Crippen LogP contribution in [-0.4, -0.2) is 50.1 Å². The Morgan fingerprint density at radius 1 is 1.00 bits per heavy atom.